The molecule has 0 radical (unpaired) electrons. The van der Waals surface area contributed by atoms with Crippen molar-refractivity contribution in [3.8, 4) is 6.07 Å². The van der Waals surface area contributed by atoms with E-state index in [2.05, 4.69) is 35.7 Å². The molecule has 4 rings (SSSR count). The van der Waals surface area contributed by atoms with Crippen molar-refractivity contribution >= 4 is 17.7 Å². The first kappa shape index (κ1) is 22.1. The van der Waals surface area contributed by atoms with Crippen LogP contribution in [0.5, 0.6) is 0 Å². The Hall–Kier alpha value is -3.14. The van der Waals surface area contributed by atoms with Crippen LogP contribution in [0.2, 0.25) is 0 Å². The Kier molecular flexibility index (Phi) is 6.89. The van der Waals surface area contributed by atoms with Crippen LogP contribution in [0.25, 0.3) is 0 Å². The summed E-state index contributed by atoms with van der Waals surface area (Å²) in [5, 5.41) is 15.6. The van der Waals surface area contributed by atoms with E-state index in [4.69, 9.17) is 15.2 Å². The molecule has 1 heterocycles. The number of nitrogens with zero attached hydrogens (tertiary/aromatic N) is 4. The Balaban J connectivity index is 1.29. The predicted octanol–water partition coefficient (Wildman–Crippen LogP) is 3.69. The lowest BCUT2D eigenvalue weighted by Crippen LogP contribution is -2.34. The van der Waals surface area contributed by atoms with Crippen molar-refractivity contribution < 1.29 is 4.79 Å². The molecule has 1 aromatic carbocycles. The minimum Gasteiger partial charge on any atom is -0.362 e. The van der Waals surface area contributed by atoms with Crippen LogP contribution in [0.4, 0.5) is 11.8 Å². The summed E-state index contributed by atoms with van der Waals surface area (Å²) in [4.78, 5) is 24.2. The normalized spacial score (nSPS) is 20.0. The molecule has 1 saturated carbocycles. The number of hydrogen-bond acceptors (Lipinski definition) is 6. The summed E-state index contributed by atoms with van der Waals surface area (Å²) in [7, 11) is 4.11. The van der Waals surface area contributed by atoms with E-state index in [0.29, 0.717) is 29.6 Å². The van der Waals surface area contributed by atoms with Crippen LogP contribution >= 0.6 is 0 Å². The molecule has 0 spiro atoms. The highest BCUT2D eigenvalue weighted by Gasteiger charge is 2.24. The second-order valence-electron chi connectivity index (χ2n) is 9.16. The van der Waals surface area contributed by atoms with Crippen molar-refractivity contribution in [3.05, 3.63) is 46.6 Å². The average Bonchev–Trinajstić information content (AvgIpc) is 2.82. The second-order valence-corrected chi connectivity index (χ2v) is 9.16. The van der Waals surface area contributed by atoms with Gasteiger partial charge in [0.05, 0.1) is 17.3 Å². The molecular formula is C25H32N6O. The highest BCUT2D eigenvalue weighted by molar-refractivity contribution is 5.94. The molecule has 1 fully saturated rings. The van der Waals surface area contributed by atoms with Gasteiger partial charge < -0.3 is 15.5 Å². The number of nitriles is 1. The molecule has 0 saturated heterocycles. The molecule has 7 nitrogen and oxygen atoms in total. The lowest BCUT2D eigenvalue weighted by molar-refractivity contribution is 0.0943. The number of rotatable bonds is 6. The average molecular weight is 433 g/mol. The SMILES string of the molecule is CN(C)c1nc(N[C@H]2CC[C@@H](CNC(=O)c3cccc(C#N)c3)CC2)nc2c1CCCC2. The van der Waals surface area contributed by atoms with Gasteiger partial charge >= 0.3 is 0 Å². The fourth-order valence-corrected chi connectivity index (χ4v) is 4.77. The molecule has 2 aliphatic carbocycles. The van der Waals surface area contributed by atoms with E-state index >= 15 is 0 Å². The van der Waals surface area contributed by atoms with E-state index < -0.39 is 0 Å². The van der Waals surface area contributed by atoms with Gasteiger partial charge in [-0.3, -0.25) is 4.79 Å². The Morgan fingerprint density at radius 2 is 1.94 bits per heavy atom. The quantitative estimate of drug-likeness (QED) is 0.723. The van der Waals surface area contributed by atoms with Crippen LogP contribution in [0.3, 0.4) is 0 Å². The molecule has 2 aliphatic rings. The van der Waals surface area contributed by atoms with Crippen molar-refractivity contribution in [2.45, 2.75) is 57.4 Å². The first-order valence-corrected chi connectivity index (χ1v) is 11.7. The summed E-state index contributed by atoms with van der Waals surface area (Å²) >= 11 is 0. The molecule has 2 aromatic rings. The van der Waals surface area contributed by atoms with Crippen molar-refractivity contribution in [1.82, 2.24) is 15.3 Å². The first-order chi connectivity index (χ1) is 15.5. The molecule has 2 N–H and O–H groups in total. The number of hydrogen-bond donors (Lipinski definition) is 2. The van der Waals surface area contributed by atoms with Crippen molar-refractivity contribution in [1.29, 1.82) is 5.26 Å². The number of carbonyl (C=O) groups excluding carboxylic acids is 1. The van der Waals surface area contributed by atoms with Gasteiger partial charge in [-0.05, 0) is 75.5 Å². The van der Waals surface area contributed by atoms with Crippen molar-refractivity contribution in [2.75, 3.05) is 30.9 Å². The number of nitrogens with one attached hydrogen (secondary N) is 2. The van der Waals surface area contributed by atoms with E-state index in [9.17, 15) is 4.79 Å². The van der Waals surface area contributed by atoms with Crippen molar-refractivity contribution in [2.24, 2.45) is 5.92 Å². The largest absolute Gasteiger partial charge is 0.362 e. The highest BCUT2D eigenvalue weighted by Crippen LogP contribution is 2.30. The Labute approximate surface area is 190 Å². The molecule has 0 aliphatic heterocycles. The summed E-state index contributed by atoms with van der Waals surface area (Å²) in [5.74, 6) is 2.16. The zero-order valence-electron chi connectivity index (χ0n) is 19.0. The van der Waals surface area contributed by atoms with Crippen LogP contribution in [0.1, 0.15) is 65.7 Å². The van der Waals surface area contributed by atoms with E-state index in [-0.39, 0.29) is 5.91 Å². The Morgan fingerprint density at radius 3 is 2.69 bits per heavy atom. The zero-order chi connectivity index (χ0) is 22.5. The number of aryl methyl sites for hydroxylation is 1. The number of benzene rings is 1. The van der Waals surface area contributed by atoms with Gasteiger partial charge in [-0.15, -0.1) is 0 Å². The molecule has 168 valence electrons. The topological polar surface area (TPSA) is 93.9 Å². The molecule has 1 amide bonds. The van der Waals surface area contributed by atoms with Gasteiger partial charge in [-0.25, -0.2) is 4.98 Å². The number of fused-ring (bicyclic) bond motifs is 1. The lowest BCUT2D eigenvalue weighted by Gasteiger charge is -2.30. The van der Waals surface area contributed by atoms with Gasteiger partial charge in [-0.1, -0.05) is 6.07 Å². The third-order valence-corrected chi connectivity index (χ3v) is 6.57. The van der Waals surface area contributed by atoms with E-state index in [1.54, 1.807) is 24.3 Å². The van der Waals surface area contributed by atoms with Crippen LogP contribution in [-0.2, 0) is 12.8 Å². The van der Waals surface area contributed by atoms with E-state index in [0.717, 1.165) is 50.3 Å². The minimum atomic E-state index is -0.110. The van der Waals surface area contributed by atoms with Gasteiger partial charge in [0, 0.05) is 37.8 Å². The number of carbonyl (C=O) groups is 1. The monoisotopic (exact) mass is 432 g/mol. The smallest absolute Gasteiger partial charge is 0.251 e. The third kappa shape index (κ3) is 5.18. The summed E-state index contributed by atoms with van der Waals surface area (Å²) < 4.78 is 0. The fraction of sp³-hybridized carbons (Fsp3) is 0.520. The Bertz CT molecular complexity index is 1000. The van der Waals surface area contributed by atoms with Crippen LogP contribution in [-0.4, -0.2) is 42.6 Å². The van der Waals surface area contributed by atoms with Gasteiger partial charge in [0.15, 0.2) is 0 Å². The minimum absolute atomic E-state index is 0.110. The predicted molar refractivity (Wildman–Crippen MR) is 126 cm³/mol. The standard InChI is InChI=1S/C25H32N6O/c1-31(2)23-21-8-3-4-9-22(21)29-25(30-23)28-20-12-10-17(11-13-20)16-27-24(32)19-7-5-6-18(14-19)15-26/h5-7,14,17,20H,3-4,8-13,16H2,1-2H3,(H,27,32)(H,28,29,30)/t17-,20+. The van der Waals surface area contributed by atoms with Gasteiger partial charge in [-0.2, -0.15) is 10.2 Å². The summed E-state index contributed by atoms with van der Waals surface area (Å²) in [6.45, 7) is 0.669. The number of anilines is 2. The molecule has 1 aromatic heterocycles. The van der Waals surface area contributed by atoms with E-state index in [1.807, 2.05) is 0 Å². The van der Waals surface area contributed by atoms with Crippen LogP contribution in [0, 0.1) is 17.2 Å². The maximum absolute atomic E-state index is 12.4. The summed E-state index contributed by atoms with van der Waals surface area (Å²) in [5.41, 5.74) is 3.56. The maximum atomic E-state index is 12.4. The zero-order valence-corrected chi connectivity index (χ0v) is 19.0. The Morgan fingerprint density at radius 1 is 1.16 bits per heavy atom. The van der Waals surface area contributed by atoms with Gasteiger partial charge in [0.1, 0.15) is 5.82 Å². The fourth-order valence-electron chi connectivity index (χ4n) is 4.77. The summed E-state index contributed by atoms with van der Waals surface area (Å²) in [6.07, 6.45) is 8.73. The molecular weight excluding hydrogens is 400 g/mol. The van der Waals surface area contributed by atoms with Gasteiger partial charge in [0.25, 0.3) is 5.91 Å². The van der Waals surface area contributed by atoms with Crippen molar-refractivity contribution in [3.63, 3.8) is 0 Å². The molecule has 0 bridgehead atoms. The first-order valence-electron chi connectivity index (χ1n) is 11.7. The van der Waals surface area contributed by atoms with Crippen LogP contribution in [0.15, 0.2) is 24.3 Å². The molecule has 0 atom stereocenters. The van der Waals surface area contributed by atoms with Gasteiger partial charge in [0.2, 0.25) is 5.95 Å². The lowest BCUT2D eigenvalue weighted by atomic mass is 9.86. The molecule has 0 unspecified atom stereocenters. The number of aromatic nitrogens is 2. The number of amides is 1. The van der Waals surface area contributed by atoms with E-state index in [1.165, 1.54) is 24.1 Å². The third-order valence-electron chi connectivity index (χ3n) is 6.57. The van der Waals surface area contributed by atoms with Crippen LogP contribution < -0.4 is 15.5 Å². The second kappa shape index (κ2) is 9.99. The molecule has 32 heavy (non-hydrogen) atoms. The summed E-state index contributed by atoms with van der Waals surface area (Å²) in [6, 6.07) is 9.28. The molecule has 7 heteroatoms. The maximum Gasteiger partial charge on any atom is 0.251 e. The highest BCUT2D eigenvalue weighted by atomic mass is 16.1.